The average Bonchev–Trinajstić information content (AvgIpc) is 3.37. The number of carbonyl (C=O) groups excluding carboxylic acids is 1. The molecule has 1 aliphatic rings. The number of amides is 1. The highest BCUT2D eigenvalue weighted by molar-refractivity contribution is 6.05. The number of halogens is 5. The monoisotopic (exact) mass is 548 g/mol. The van der Waals surface area contributed by atoms with Crippen molar-refractivity contribution in [2.75, 3.05) is 29.9 Å². The molecule has 2 heterocycles. The molecule has 0 aliphatic carbocycles. The number of rotatable bonds is 8. The number of piperidine rings is 1. The number of carbonyl (C=O) groups is 1. The maximum Gasteiger partial charge on any atom is 0.422 e. The van der Waals surface area contributed by atoms with Crippen molar-refractivity contribution in [3.05, 3.63) is 65.5 Å². The van der Waals surface area contributed by atoms with Crippen LogP contribution in [0.3, 0.4) is 0 Å². The van der Waals surface area contributed by atoms with Crippen LogP contribution >= 0.6 is 0 Å². The third-order valence-electron chi connectivity index (χ3n) is 6.27. The van der Waals surface area contributed by atoms with Gasteiger partial charge in [0.2, 0.25) is 0 Å². The highest BCUT2D eigenvalue weighted by atomic mass is 19.4. The Balaban J connectivity index is 1.80. The molecule has 8 nitrogen and oxygen atoms in total. The predicted molar refractivity (Wildman–Crippen MR) is 133 cm³/mol. The van der Waals surface area contributed by atoms with Gasteiger partial charge in [0, 0.05) is 19.3 Å². The summed E-state index contributed by atoms with van der Waals surface area (Å²) in [6.07, 6.45) is -5.11. The number of benzene rings is 2. The second-order valence-corrected chi connectivity index (χ2v) is 9.00. The molecule has 1 saturated heterocycles. The lowest BCUT2D eigenvalue weighted by atomic mass is 9.96. The molecular formula is C26H25F5N6O2. The molecule has 39 heavy (non-hydrogen) atoms. The van der Waals surface area contributed by atoms with Gasteiger partial charge in [-0.3, -0.25) is 9.48 Å². The maximum absolute atomic E-state index is 14.7. The van der Waals surface area contributed by atoms with E-state index in [0.717, 1.165) is 17.2 Å². The number of para-hydroxylation sites is 1. The molecule has 2 aromatic carbocycles. The summed E-state index contributed by atoms with van der Waals surface area (Å²) in [6.45, 7) is 0.0153. The van der Waals surface area contributed by atoms with E-state index in [1.165, 1.54) is 41.4 Å². The van der Waals surface area contributed by atoms with Crippen molar-refractivity contribution in [2.45, 2.75) is 32.0 Å². The van der Waals surface area contributed by atoms with Crippen LogP contribution in [0.5, 0.6) is 11.5 Å². The summed E-state index contributed by atoms with van der Waals surface area (Å²) >= 11 is 0. The average molecular weight is 549 g/mol. The fraction of sp³-hybridized carbons (Fsp3) is 0.346. The number of nitrogens with zero attached hydrogens (tertiary/aromatic N) is 4. The summed E-state index contributed by atoms with van der Waals surface area (Å²) in [6, 6.07) is 11.3. The first kappa shape index (κ1) is 27.8. The third kappa shape index (κ3) is 6.46. The van der Waals surface area contributed by atoms with Crippen molar-refractivity contribution in [1.29, 1.82) is 5.26 Å². The first-order chi connectivity index (χ1) is 18.6. The highest BCUT2D eigenvalue weighted by Gasteiger charge is 2.41. The van der Waals surface area contributed by atoms with E-state index in [-0.39, 0.29) is 53.9 Å². The van der Waals surface area contributed by atoms with Crippen molar-refractivity contribution >= 4 is 17.3 Å². The Morgan fingerprint density at radius 3 is 2.67 bits per heavy atom. The van der Waals surface area contributed by atoms with Crippen LogP contribution in [0, 0.1) is 17.2 Å². The Hall–Kier alpha value is -4.18. The first-order valence-corrected chi connectivity index (χ1v) is 12.1. The number of anilines is 2. The summed E-state index contributed by atoms with van der Waals surface area (Å²) in [5.41, 5.74) is 4.03. The van der Waals surface area contributed by atoms with Gasteiger partial charge in [0.25, 0.3) is 12.3 Å². The number of aromatic nitrogens is 2. The molecular weight excluding hydrogens is 523 g/mol. The molecule has 206 valence electrons. The quantitative estimate of drug-likeness (QED) is 0.372. The molecule has 3 aromatic rings. The van der Waals surface area contributed by atoms with E-state index in [1.807, 2.05) is 6.07 Å². The van der Waals surface area contributed by atoms with Crippen molar-refractivity contribution in [3.63, 3.8) is 0 Å². The second-order valence-electron chi connectivity index (χ2n) is 9.00. The van der Waals surface area contributed by atoms with Crippen molar-refractivity contribution < 1.29 is 31.5 Å². The van der Waals surface area contributed by atoms with Crippen LogP contribution in [0.15, 0.2) is 48.7 Å². The summed E-state index contributed by atoms with van der Waals surface area (Å²) in [5.74, 6) is -1.55. The van der Waals surface area contributed by atoms with E-state index in [1.54, 1.807) is 6.07 Å². The Morgan fingerprint density at radius 2 is 1.97 bits per heavy atom. The molecule has 13 heteroatoms. The van der Waals surface area contributed by atoms with E-state index < -0.39 is 36.4 Å². The number of nitriles is 1. The van der Waals surface area contributed by atoms with Gasteiger partial charge in [-0.1, -0.05) is 12.1 Å². The van der Waals surface area contributed by atoms with Crippen molar-refractivity contribution in [2.24, 2.45) is 11.7 Å². The van der Waals surface area contributed by atoms with Gasteiger partial charge in [0.1, 0.15) is 29.7 Å². The zero-order valence-corrected chi connectivity index (χ0v) is 20.6. The fourth-order valence-corrected chi connectivity index (χ4v) is 4.50. The maximum atomic E-state index is 14.7. The van der Waals surface area contributed by atoms with E-state index in [4.69, 9.17) is 10.5 Å². The Bertz CT molecular complexity index is 1370. The van der Waals surface area contributed by atoms with Crippen molar-refractivity contribution in [3.8, 4) is 17.6 Å². The lowest BCUT2D eigenvalue weighted by Crippen LogP contribution is -2.40. The number of hydrogen-bond acceptors (Lipinski definition) is 6. The van der Waals surface area contributed by atoms with Gasteiger partial charge in [0.05, 0.1) is 16.9 Å². The summed E-state index contributed by atoms with van der Waals surface area (Å²) < 4.78 is 76.0. The Labute approximate surface area is 220 Å². The van der Waals surface area contributed by atoms with Crippen LogP contribution in [0.1, 0.15) is 34.5 Å². The number of alkyl halides is 5. The Morgan fingerprint density at radius 1 is 1.21 bits per heavy atom. The second kappa shape index (κ2) is 11.7. The lowest BCUT2D eigenvalue weighted by molar-refractivity contribution is -0.138. The number of hydrogen-bond donors (Lipinski definition) is 2. The lowest BCUT2D eigenvalue weighted by Gasteiger charge is -2.37. The number of ether oxygens (including phenoxy) is 1. The minimum atomic E-state index is -4.92. The third-order valence-corrected chi connectivity index (χ3v) is 6.27. The van der Waals surface area contributed by atoms with Crippen LogP contribution in [0.4, 0.5) is 33.3 Å². The van der Waals surface area contributed by atoms with Gasteiger partial charge in [0.15, 0.2) is 5.69 Å². The highest BCUT2D eigenvalue weighted by Crippen LogP contribution is 2.48. The molecule has 0 unspecified atom stereocenters. The van der Waals surface area contributed by atoms with Crippen molar-refractivity contribution in [1.82, 2.24) is 9.78 Å². The van der Waals surface area contributed by atoms with E-state index in [9.17, 15) is 32.0 Å². The summed E-state index contributed by atoms with van der Waals surface area (Å²) in [4.78, 5) is 14.4. The molecule has 3 N–H and O–H groups in total. The first-order valence-electron chi connectivity index (χ1n) is 12.1. The fourth-order valence-electron chi connectivity index (χ4n) is 4.50. The minimum absolute atomic E-state index is 0.0464. The molecule has 0 bridgehead atoms. The van der Waals surface area contributed by atoms with Gasteiger partial charge in [-0.05, 0) is 55.6 Å². The summed E-state index contributed by atoms with van der Waals surface area (Å²) in [5, 5.41) is 15.6. The Kier molecular flexibility index (Phi) is 8.35. The molecule has 1 amide bonds. The molecule has 0 radical (unpaired) electrons. The van der Waals surface area contributed by atoms with E-state index in [0.29, 0.717) is 6.42 Å². The standard InChI is InChI=1S/C26H25F5N6O2/c27-22(28)15-37-11-9-19(35-37)25(38)34-18-7-8-21(39-20-6-2-1-5-17(20)13-33)23(26(29,30)31)24(18)36-10-3-4-16(12-32)14-36/h1-2,5-9,11,16,22H,3-4,10,12,14-15,32H2,(H,34,38)/t16-/m0/s1. The van der Waals surface area contributed by atoms with Crippen LogP contribution in [-0.4, -0.2) is 41.7 Å². The van der Waals surface area contributed by atoms with Gasteiger partial charge >= 0.3 is 6.18 Å². The number of nitrogens with one attached hydrogen (secondary N) is 1. The normalized spacial score (nSPS) is 15.7. The van der Waals surface area contributed by atoms with Gasteiger partial charge in [-0.25, -0.2) is 8.78 Å². The van der Waals surface area contributed by atoms with E-state index >= 15 is 0 Å². The van der Waals surface area contributed by atoms with Crippen LogP contribution in [0.25, 0.3) is 0 Å². The number of nitrogens with two attached hydrogens (primary N) is 1. The van der Waals surface area contributed by atoms with E-state index in [2.05, 4.69) is 10.4 Å². The SMILES string of the molecule is N#Cc1ccccc1Oc1ccc(NC(=O)c2ccn(CC(F)F)n2)c(N2CCC[C@@H](CN)C2)c1C(F)(F)F. The van der Waals surface area contributed by atoms with Crippen LogP contribution in [0.2, 0.25) is 0 Å². The largest absolute Gasteiger partial charge is 0.455 e. The molecule has 1 atom stereocenters. The summed E-state index contributed by atoms with van der Waals surface area (Å²) in [7, 11) is 0. The zero-order valence-electron chi connectivity index (χ0n) is 20.6. The topological polar surface area (TPSA) is 109 Å². The molecule has 0 spiro atoms. The smallest absolute Gasteiger partial charge is 0.422 e. The van der Waals surface area contributed by atoms with Gasteiger partial charge in [-0.15, -0.1) is 0 Å². The zero-order chi connectivity index (χ0) is 28.2. The molecule has 1 aromatic heterocycles. The van der Waals surface area contributed by atoms with Crippen LogP contribution < -0.4 is 20.7 Å². The molecule has 1 fully saturated rings. The molecule has 0 saturated carbocycles. The van der Waals surface area contributed by atoms with Gasteiger partial charge < -0.3 is 20.7 Å². The predicted octanol–water partition coefficient (Wildman–Crippen LogP) is 5.26. The molecule has 4 rings (SSSR count). The van der Waals surface area contributed by atoms with Gasteiger partial charge in [-0.2, -0.15) is 23.5 Å². The van der Waals surface area contributed by atoms with Crippen LogP contribution in [-0.2, 0) is 12.7 Å². The minimum Gasteiger partial charge on any atom is -0.455 e. The molecule has 1 aliphatic heterocycles.